The summed E-state index contributed by atoms with van der Waals surface area (Å²) in [5.41, 5.74) is 4.78. The highest BCUT2D eigenvalue weighted by Gasteiger charge is 2.07. The molecule has 3 rings (SSSR count). The second-order valence-corrected chi connectivity index (χ2v) is 3.98. The highest BCUT2D eigenvalue weighted by molar-refractivity contribution is 5.88. The number of fused-ring (bicyclic) bond motifs is 1. The van der Waals surface area contributed by atoms with Crippen molar-refractivity contribution in [1.29, 1.82) is 0 Å². The highest BCUT2D eigenvalue weighted by atomic mass is 35.5. The van der Waals surface area contributed by atoms with Gasteiger partial charge in [-0.05, 0) is 35.1 Å². The second kappa shape index (κ2) is 5.56. The molecular formula is C14H14ClN3. The Morgan fingerprint density at radius 2 is 2.11 bits per heavy atom. The van der Waals surface area contributed by atoms with Crippen LogP contribution in [0.25, 0.3) is 11.6 Å². The lowest BCUT2D eigenvalue weighted by Gasteiger charge is -2.06. The summed E-state index contributed by atoms with van der Waals surface area (Å²) in [6.45, 7) is 0.868. The standard InChI is InChI=1S/C14H13N3.ClH/c1-2-4-14-11(7-13-9-16-10-17-13)5-6-15-8-12(14)3-1;/h1-7,9-10,15H,8H2,(H,16,17);1H. The van der Waals surface area contributed by atoms with E-state index in [1.54, 1.807) is 6.33 Å². The van der Waals surface area contributed by atoms with E-state index < -0.39 is 0 Å². The number of rotatable bonds is 1. The van der Waals surface area contributed by atoms with E-state index in [0.717, 1.165) is 12.2 Å². The summed E-state index contributed by atoms with van der Waals surface area (Å²) in [6.07, 6.45) is 9.70. The van der Waals surface area contributed by atoms with E-state index in [1.807, 2.05) is 12.4 Å². The smallest absolute Gasteiger partial charge is 0.0924 e. The molecule has 2 aromatic rings. The van der Waals surface area contributed by atoms with Crippen molar-refractivity contribution >= 4 is 24.1 Å². The summed E-state index contributed by atoms with van der Waals surface area (Å²) in [6, 6.07) is 8.43. The van der Waals surface area contributed by atoms with Gasteiger partial charge in [-0.25, -0.2) is 4.98 Å². The van der Waals surface area contributed by atoms with Crippen LogP contribution in [0.4, 0.5) is 0 Å². The molecule has 0 bridgehead atoms. The van der Waals surface area contributed by atoms with E-state index in [0.29, 0.717) is 0 Å². The zero-order chi connectivity index (χ0) is 11.5. The van der Waals surface area contributed by atoms with E-state index >= 15 is 0 Å². The maximum atomic E-state index is 4.03. The first-order valence-corrected chi connectivity index (χ1v) is 5.62. The molecular weight excluding hydrogens is 246 g/mol. The van der Waals surface area contributed by atoms with Crippen molar-refractivity contribution in [3.63, 3.8) is 0 Å². The minimum Gasteiger partial charge on any atom is -0.387 e. The Morgan fingerprint density at radius 3 is 2.94 bits per heavy atom. The van der Waals surface area contributed by atoms with Crippen LogP contribution in [0.1, 0.15) is 16.8 Å². The number of nitrogens with zero attached hydrogens (tertiary/aromatic N) is 1. The number of halogens is 1. The SMILES string of the molecule is C1=CC(=Cc2cnc[nH]2)c2ccccc2CN1.Cl. The van der Waals surface area contributed by atoms with Gasteiger partial charge in [0.1, 0.15) is 0 Å². The fourth-order valence-electron chi connectivity index (χ4n) is 2.00. The van der Waals surface area contributed by atoms with Gasteiger partial charge in [0, 0.05) is 6.54 Å². The second-order valence-electron chi connectivity index (χ2n) is 3.98. The van der Waals surface area contributed by atoms with Gasteiger partial charge in [0.05, 0.1) is 18.2 Å². The molecule has 92 valence electrons. The lowest BCUT2D eigenvalue weighted by molar-refractivity contribution is 0.874. The maximum Gasteiger partial charge on any atom is 0.0924 e. The van der Waals surface area contributed by atoms with Crippen LogP contribution < -0.4 is 5.32 Å². The van der Waals surface area contributed by atoms with Gasteiger partial charge >= 0.3 is 0 Å². The zero-order valence-electron chi connectivity index (χ0n) is 9.76. The summed E-state index contributed by atoms with van der Waals surface area (Å²) in [4.78, 5) is 7.12. The number of H-pyrrole nitrogens is 1. The number of hydrogen-bond acceptors (Lipinski definition) is 2. The average Bonchev–Trinajstić information content (AvgIpc) is 2.78. The zero-order valence-corrected chi connectivity index (χ0v) is 10.6. The summed E-state index contributed by atoms with van der Waals surface area (Å²) in [7, 11) is 0. The van der Waals surface area contributed by atoms with Gasteiger partial charge in [0.2, 0.25) is 0 Å². The number of hydrogen-bond donors (Lipinski definition) is 2. The van der Waals surface area contributed by atoms with Crippen molar-refractivity contribution in [3.05, 3.63) is 65.9 Å². The van der Waals surface area contributed by atoms with Gasteiger partial charge in [-0.15, -0.1) is 12.4 Å². The quantitative estimate of drug-likeness (QED) is 0.827. The fourth-order valence-corrected chi connectivity index (χ4v) is 2.00. The van der Waals surface area contributed by atoms with Crippen molar-refractivity contribution in [3.8, 4) is 0 Å². The van der Waals surface area contributed by atoms with Crippen molar-refractivity contribution in [2.75, 3.05) is 0 Å². The van der Waals surface area contributed by atoms with Gasteiger partial charge in [0.25, 0.3) is 0 Å². The minimum atomic E-state index is 0. The Balaban J connectivity index is 0.00000120. The first-order chi connectivity index (χ1) is 8.43. The van der Waals surface area contributed by atoms with Crippen molar-refractivity contribution < 1.29 is 0 Å². The summed E-state index contributed by atoms with van der Waals surface area (Å²) >= 11 is 0. The molecule has 3 nitrogen and oxygen atoms in total. The van der Waals surface area contributed by atoms with E-state index in [4.69, 9.17) is 0 Å². The van der Waals surface area contributed by atoms with Gasteiger partial charge in [0.15, 0.2) is 0 Å². The summed E-state index contributed by atoms with van der Waals surface area (Å²) in [5.74, 6) is 0. The summed E-state index contributed by atoms with van der Waals surface area (Å²) in [5, 5.41) is 3.27. The van der Waals surface area contributed by atoms with E-state index in [1.165, 1.54) is 16.7 Å². The first-order valence-electron chi connectivity index (χ1n) is 5.62. The molecule has 0 spiro atoms. The Morgan fingerprint density at radius 1 is 1.22 bits per heavy atom. The molecule has 0 radical (unpaired) electrons. The van der Waals surface area contributed by atoms with Gasteiger partial charge in [-0.2, -0.15) is 0 Å². The monoisotopic (exact) mass is 259 g/mol. The third kappa shape index (κ3) is 2.46. The predicted molar refractivity (Wildman–Crippen MR) is 76.1 cm³/mol. The number of allylic oxidation sites excluding steroid dienone is 2. The molecule has 18 heavy (non-hydrogen) atoms. The molecule has 4 heteroatoms. The number of benzene rings is 1. The molecule has 0 aliphatic carbocycles. The van der Waals surface area contributed by atoms with Gasteiger partial charge in [-0.3, -0.25) is 0 Å². The normalized spacial score (nSPS) is 15.4. The highest BCUT2D eigenvalue weighted by Crippen LogP contribution is 2.24. The molecule has 1 aliphatic rings. The van der Waals surface area contributed by atoms with Crippen LogP contribution in [0.3, 0.4) is 0 Å². The number of aromatic nitrogens is 2. The fraction of sp³-hybridized carbons (Fsp3) is 0.0714. The van der Waals surface area contributed by atoms with Crippen LogP contribution in [-0.4, -0.2) is 9.97 Å². The molecule has 0 fully saturated rings. The average molecular weight is 260 g/mol. The Kier molecular flexibility index (Phi) is 3.85. The molecule has 2 heterocycles. The molecule has 1 aromatic heterocycles. The van der Waals surface area contributed by atoms with Gasteiger partial charge < -0.3 is 10.3 Å². The van der Waals surface area contributed by atoms with E-state index in [2.05, 4.69) is 51.7 Å². The number of aromatic amines is 1. The van der Waals surface area contributed by atoms with Crippen molar-refractivity contribution in [2.45, 2.75) is 6.54 Å². The predicted octanol–water partition coefficient (Wildman–Crippen LogP) is 2.99. The van der Waals surface area contributed by atoms with Crippen LogP contribution in [0.5, 0.6) is 0 Å². The van der Waals surface area contributed by atoms with Crippen molar-refractivity contribution in [1.82, 2.24) is 15.3 Å². The molecule has 0 saturated carbocycles. The molecule has 2 N–H and O–H groups in total. The Bertz CT molecular complexity index is 570. The van der Waals surface area contributed by atoms with Gasteiger partial charge in [-0.1, -0.05) is 24.3 Å². The Hall–Kier alpha value is -2.00. The maximum absolute atomic E-state index is 4.03. The molecule has 0 unspecified atom stereocenters. The lowest BCUT2D eigenvalue weighted by Crippen LogP contribution is -2.03. The molecule has 1 aliphatic heterocycles. The van der Waals surface area contributed by atoms with E-state index in [-0.39, 0.29) is 12.4 Å². The molecule has 0 amide bonds. The van der Waals surface area contributed by atoms with Crippen LogP contribution in [-0.2, 0) is 6.54 Å². The van der Waals surface area contributed by atoms with Crippen molar-refractivity contribution in [2.24, 2.45) is 0 Å². The summed E-state index contributed by atoms with van der Waals surface area (Å²) < 4.78 is 0. The van der Waals surface area contributed by atoms with Crippen LogP contribution in [0, 0.1) is 0 Å². The number of nitrogens with one attached hydrogen (secondary N) is 2. The largest absolute Gasteiger partial charge is 0.387 e. The first kappa shape index (κ1) is 12.5. The molecule has 1 aromatic carbocycles. The number of imidazole rings is 1. The Labute approximate surface area is 112 Å². The van der Waals surface area contributed by atoms with Crippen LogP contribution in [0.15, 0.2) is 49.1 Å². The third-order valence-electron chi connectivity index (χ3n) is 2.83. The van der Waals surface area contributed by atoms with Crippen LogP contribution in [0.2, 0.25) is 0 Å². The molecule has 0 saturated heterocycles. The lowest BCUT2D eigenvalue weighted by atomic mass is 9.99. The topological polar surface area (TPSA) is 40.7 Å². The van der Waals surface area contributed by atoms with E-state index in [9.17, 15) is 0 Å². The minimum absolute atomic E-state index is 0. The molecule has 0 atom stereocenters. The third-order valence-corrected chi connectivity index (χ3v) is 2.83. The van der Waals surface area contributed by atoms with Crippen LogP contribution >= 0.6 is 12.4 Å².